The Morgan fingerprint density at radius 1 is 1.11 bits per heavy atom. The highest BCUT2D eigenvalue weighted by atomic mass is 16.3. The van der Waals surface area contributed by atoms with Crippen molar-refractivity contribution >= 4 is 11.6 Å². The second-order valence-electron chi connectivity index (χ2n) is 5.51. The van der Waals surface area contributed by atoms with Crippen LogP contribution in [0.15, 0.2) is 22.3 Å². The maximum Gasteiger partial charge on any atom is 0.185 e. The van der Waals surface area contributed by atoms with E-state index in [0.29, 0.717) is 35.1 Å². The molecule has 0 saturated carbocycles. The maximum atomic E-state index is 12.3. The van der Waals surface area contributed by atoms with Gasteiger partial charge in [0.15, 0.2) is 11.6 Å². The predicted octanol–water partition coefficient (Wildman–Crippen LogP) is 0.926. The summed E-state index contributed by atoms with van der Waals surface area (Å²) in [5.41, 5.74) is 1.60. The van der Waals surface area contributed by atoms with Gasteiger partial charge in [-0.3, -0.25) is 9.59 Å². The molecule has 4 heteroatoms. The van der Waals surface area contributed by atoms with Crippen LogP contribution in [0.25, 0.3) is 0 Å². The highest BCUT2D eigenvalue weighted by molar-refractivity contribution is 6.25. The molecule has 0 aromatic rings. The van der Waals surface area contributed by atoms with Gasteiger partial charge in [0.25, 0.3) is 0 Å². The lowest BCUT2D eigenvalue weighted by molar-refractivity contribution is -0.116. The van der Waals surface area contributed by atoms with Crippen molar-refractivity contribution in [3.63, 3.8) is 0 Å². The lowest BCUT2D eigenvalue weighted by Gasteiger charge is -2.20. The van der Waals surface area contributed by atoms with E-state index in [0.717, 1.165) is 0 Å². The first-order valence-corrected chi connectivity index (χ1v) is 6.16. The lowest BCUT2D eigenvalue weighted by Crippen LogP contribution is -2.21. The topological polar surface area (TPSA) is 74.6 Å². The van der Waals surface area contributed by atoms with Gasteiger partial charge in [-0.25, -0.2) is 0 Å². The van der Waals surface area contributed by atoms with Crippen LogP contribution in [0.1, 0.15) is 33.1 Å². The van der Waals surface area contributed by atoms with Gasteiger partial charge in [-0.2, -0.15) is 0 Å². The van der Waals surface area contributed by atoms with Crippen molar-refractivity contribution in [3.8, 4) is 0 Å². The summed E-state index contributed by atoms with van der Waals surface area (Å²) in [6.07, 6.45) is 1.14. The normalized spacial score (nSPS) is 28.2. The van der Waals surface area contributed by atoms with Crippen molar-refractivity contribution in [1.82, 2.24) is 0 Å². The highest BCUT2D eigenvalue weighted by Gasteiger charge is 2.43. The van der Waals surface area contributed by atoms with Crippen molar-refractivity contribution < 1.29 is 19.8 Å². The molecule has 18 heavy (non-hydrogen) atoms. The van der Waals surface area contributed by atoms with Crippen LogP contribution in [-0.2, 0) is 9.59 Å². The highest BCUT2D eigenvalue weighted by Crippen LogP contribution is 2.46. The Bertz CT molecular complexity index is 484. The Balaban J connectivity index is 2.38. The molecule has 0 saturated heterocycles. The van der Waals surface area contributed by atoms with Crippen molar-refractivity contribution in [2.45, 2.75) is 33.1 Å². The Morgan fingerprint density at radius 3 is 2.17 bits per heavy atom. The van der Waals surface area contributed by atoms with E-state index in [9.17, 15) is 14.7 Å². The molecule has 0 spiro atoms. The molecule has 2 rings (SSSR count). The summed E-state index contributed by atoms with van der Waals surface area (Å²) in [6.45, 7) is 3.36. The Hall–Kier alpha value is -1.26. The fourth-order valence-corrected chi connectivity index (χ4v) is 2.80. The summed E-state index contributed by atoms with van der Waals surface area (Å²) < 4.78 is 0. The van der Waals surface area contributed by atoms with Gasteiger partial charge in [0.1, 0.15) is 0 Å². The third-order valence-electron chi connectivity index (χ3n) is 3.93. The zero-order valence-corrected chi connectivity index (χ0v) is 10.7. The molecule has 0 aromatic carbocycles. The van der Waals surface area contributed by atoms with Crippen LogP contribution in [0, 0.1) is 5.41 Å². The molecule has 0 radical (unpaired) electrons. The molecular weight excluding hydrogens is 232 g/mol. The SMILES string of the molecule is CC1=C(CCO)C(=O)C2=C(C[C@@](C)(CO)C2)C1=O. The zero-order valence-electron chi connectivity index (χ0n) is 10.7. The number of rotatable bonds is 3. The average molecular weight is 250 g/mol. The van der Waals surface area contributed by atoms with Crippen LogP contribution in [0.4, 0.5) is 0 Å². The number of aliphatic hydroxyl groups is 2. The van der Waals surface area contributed by atoms with E-state index in [-0.39, 0.29) is 31.2 Å². The van der Waals surface area contributed by atoms with Crippen molar-refractivity contribution in [2.75, 3.05) is 13.2 Å². The van der Waals surface area contributed by atoms with Gasteiger partial charge in [-0.05, 0) is 31.6 Å². The molecule has 2 N–H and O–H groups in total. The van der Waals surface area contributed by atoms with Gasteiger partial charge >= 0.3 is 0 Å². The largest absolute Gasteiger partial charge is 0.396 e. The summed E-state index contributed by atoms with van der Waals surface area (Å²) >= 11 is 0. The van der Waals surface area contributed by atoms with Gasteiger partial charge < -0.3 is 10.2 Å². The molecule has 0 aromatic heterocycles. The number of Topliss-reactive ketones (excluding diaryl/α,β-unsaturated/α-hetero) is 2. The summed E-state index contributed by atoms with van der Waals surface area (Å²) in [6, 6.07) is 0. The number of allylic oxidation sites excluding steroid dienone is 3. The number of carbonyl (C=O) groups excluding carboxylic acids is 2. The quantitative estimate of drug-likeness (QED) is 0.731. The lowest BCUT2D eigenvalue weighted by atomic mass is 9.85. The van der Waals surface area contributed by atoms with Crippen LogP contribution in [0.3, 0.4) is 0 Å². The molecule has 0 fully saturated rings. The number of ketones is 2. The second-order valence-corrected chi connectivity index (χ2v) is 5.51. The molecule has 0 aliphatic heterocycles. The predicted molar refractivity (Wildman–Crippen MR) is 65.9 cm³/mol. The molecule has 2 aliphatic rings. The first-order valence-electron chi connectivity index (χ1n) is 6.16. The molecule has 4 nitrogen and oxygen atoms in total. The van der Waals surface area contributed by atoms with E-state index < -0.39 is 5.41 Å². The number of carbonyl (C=O) groups is 2. The van der Waals surface area contributed by atoms with Gasteiger partial charge in [-0.1, -0.05) is 6.92 Å². The summed E-state index contributed by atoms with van der Waals surface area (Å²) in [4.78, 5) is 24.5. The standard InChI is InChI=1S/C14H18O4/c1-8-9(3-4-15)13(18)11-6-14(2,7-16)5-10(11)12(8)17/h15-16H,3-7H2,1-2H3/t14-/m1/s1. The molecular formula is C14H18O4. The van der Waals surface area contributed by atoms with E-state index in [1.807, 2.05) is 6.92 Å². The van der Waals surface area contributed by atoms with Crippen LogP contribution < -0.4 is 0 Å². The van der Waals surface area contributed by atoms with Crippen LogP contribution in [-0.4, -0.2) is 35.0 Å². The third kappa shape index (κ3) is 1.85. The van der Waals surface area contributed by atoms with Gasteiger partial charge in [0.2, 0.25) is 0 Å². The molecule has 1 atom stereocenters. The maximum absolute atomic E-state index is 12.3. The van der Waals surface area contributed by atoms with Gasteiger partial charge in [0, 0.05) is 35.5 Å². The first kappa shape index (κ1) is 13.2. The second kappa shape index (κ2) is 4.44. The number of hydrogen-bond acceptors (Lipinski definition) is 4. The molecule has 0 amide bonds. The molecule has 0 heterocycles. The van der Waals surface area contributed by atoms with Crippen molar-refractivity contribution in [1.29, 1.82) is 0 Å². The smallest absolute Gasteiger partial charge is 0.185 e. The number of aliphatic hydroxyl groups excluding tert-OH is 2. The van der Waals surface area contributed by atoms with E-state index in [2.05, 4.69) is 0 Å². The van der Waals surface area contributed by atoms with E-state index in [1.54, 1.807) is 6.92 Å². The Morgan fingerprint density at radius 2 is 1.67 bits per heavy atom. The average Bonchev–Trinajstić information content (AvgIpc) is 2.71. The fourth-order valence-electron chi connectivity index (χ4n) is 2.80. The molecule has 2 aliphatic carbocycles. The fraction of sp³-hybridized carbons (Fsp3) is 0.571. The number of hydrogen-bond donors (Lipinski definition) is 2. The zero-order chi connectivity index (χ0) is 13.5. The molecule has 98 valence electrons. The van der Waals surface area contributed by atoms with Crippen molar-refractivity contribution in [2.24, 2.45) is 5.41 Å². The summed E-state index contributed by atoms with van der Waals surface area (Å²) in [7, 11) is 0. The monoisotopic (exact) mass is 250 g/mol. The Kier molecular flexibility index (Phi) is 3.25. The minimum absolute atomic E-state index is 0.0328. The Labute approximate surface area is 106 Å². The summed E-state index contributed by atoms with van der Waals surface area (Å²) in [5, 5.41) is 18.4. The molecule has 0 bridgehead atoms. The first-order chi connectivity index (χ1) is 8.43. The van der Waals surface area contributed by atoms with Crippen LogP contribution >= 0.6 is 0 Å². The van der Waals surface area contributed by atoms with Crippen LogP contribution in [0.5, 0.6) is 0 Å². The third-order valence-corrected chi connectivity index (χ3v) is 3.93. The van der Waals surface area contributed by atoms with Gasteiger partial charge in [-0.15, -0.1) is 0 Å². The minimum atomic E-state index is -0.398. The van der Waals surface area contributed by atoms with Crippen LogP contribution in [0.2, 0.25) is 0 Å². The van der Waals surface area contributed by atoms with E-state index in [1.165, 1.54) is 0 Å². The summed E-state index contributed by atoms with van der Waals surface area (Å²) in [5.74, 6) is -0.210. The minimum Gasteiger partial charge on any atom is -0.396 e. The van der Waals surface area contributed by atoms with E-state index >= 15 is 0 Å². The van der Waals surface area contributed by atoms with E-state index in [4.69, 9.17) is 5.11 Å². The van der Waals surface area contributed by atoms with Crippen molar-refractivity contribution in [3.05, 3.63) is 22.3 Å². The van der Waals surface area contributed by atoms with Gasteiger partial charge in [0.05, 0.1) is 0 Å². The molecule has 0 unspecified atom stereocenters.